The summed E-state index contributed by atoms with van der Waals surface area (Å²) in [6, 6.07) is 11.8. The molecule has 0 bridgehead atoms. The molecule has 0 aromatic heterocycles. The van der Waals surface area contributed by atoms with Gasteiger partial charge in [0.2, 0.25) is 10.0 Å². The highest BCUT2D eigenvalue weighted by molar-refractivity contribution is 7.99. The topological polar surface area (TPSA) is 72.9 Å². The predicted octanol–water partition coefficient (Wildman–Crippen LogP) is 4.17. The summed E-state index contributed by atoms with van der Waals surface area (Å²) in [5.41, 5.74) is 3.14. The van der Waals surface area contributed by atoms with Crippen LogP contribution in [0.4, 0.5) is 11.4 Å². The number of piperidine rings is 1. The third-order valence-electron chi connectivity index (χ3n) is 6.54. The minimum absolute atomic E-state index is 0.225. The fraction of sp³-hybridized carbons (Fsp3) is 0.500. The van der Waals surface area contributed by atoms with Crippen LogP contribution in [0.25, 0.3) is 0 Å². The molecule has 0 amide bonds. The van der Waals surface area contributed by atoms with Crippen LogP contribution >= 0.6 is 11.8 Å². The van der Waals surface area contributed by atoms with Gasteiger partial charge in [0, 0.05) is 23.9 Å². The first-order chi connectivity index (χ1) is 15.3. The second kappa shape index (κ2) is 9.73. The second-order valence-corrected chi connectivity index (χ2v) is 12.2. The number of para-hydroxylation sites is 1. The van der Waals surface area contributed by atoms with E-state index < -0.39 is 10.0 Å². The molecule has 0 spiro atoms. The van der Waals surface area contributed by atoms with Gasteiger partial charge in [0.05, 0.1) is 22.4 Å². The predicted molar refractivity (Wildman–Crippen MR) is 130 cm³/mol. The van der Waals surface area contributed by atoms with E-state index in [0.717, 1.165) is 72.0 Å². The van der Waals surface area contributed by atoms with E-state index in [-0.39, 0.29) is 6.10 Å². The monoisotopic (exact) mass is 475 g/mol. The molecule has 1 saturated heterocycles. The van der Waals surface area contributed by atoms with Gasteiger partial charge in [0.25, 0.3) is 0 Å². The van der Waals surface area contributed by atoms with Crippen molar-refractivity contribution < 1.29 is 13.5 Å². The van der Waals surface area contributed by atoms with Crippen molar-refractivity contribution in [1.82, 2.24) is 9.21 Å². The molecule has 0 aliphatic carbocycles. The van der Waals surface area contributed by atoms with E-state index in [2.05, 4.69) is 22.3 Å². The van der Waals surface area contributed by atoms with Crippen LogP contribution in [0.3, 0.4) is 0 Å². The van der Waals surface area contributed by atoms with Crippen molar-refractivity contribution in [3.8, 4) is 0 Å². The van der Waals surface area contributed by atoms with Crippen molar-refractivity contribution in [2.24, 2.45) is 5.92 Å². The summed E-state index contributed by atoms with van der Waals surface area (Å²) in [5.74, 6) is 0.410. The number of aliphatic hydroxyl groups is 1. The number of nitrogens with one attached hydrogen (secondary N) is 1. The molecule has 0 radical (unpaired) electrons. The summed E-state index contributed by atoms with van der Waals surface area (Å²) in [6.07, 6.45) is 3.63. The molecule has 2 aliphatic heterocycles. The lowest BCUT2D eigenvalue weighted by atomic mass is 9.92. The Balaban J connectivity index is 1.53. The maximum absolute atomic E-state index is 12.9. The van der Waals surface area contributed by atoms with Gasteiger partial charge >= 0.3 is 0 Å². The van der Waals surface area contributed by atoms with Crippen LogP contribution in [0.1, 0.15) is 31.7 Å². The molecule has 2 aromatic rings. The zero-order valence-corrected chi connectivity index (χ0v) is 20.7. The minimum Gasteiger partial charge on any atom is -0.393 e. The number of hydrogen-bond acceptors (Lipinski definition) is 6. The lowest BCUT2D eigenvalue weighted by molar-refractivity contribution is 0.0716. The minimum atomic E-state index is -3.51. The molecule has 1 atom stereocenters. The Labute approximate surface area is 196 Å². The number of aliphatic hydroxyl groups excluding tert-OH is 1. The van der Waals surface area contributed by atoms with Crippen LogP contribution < -0.4 is 5.32 Å². The van der Waals surface area contributed by atoms with E-state index in [0.29, 0.717) is 10.8 Å². The number of hydrogen-bond donors (Lipinski definition) is 2. The fourth-order valence-electron chi connectivity index (χ4n) is 4.49. The first-order valence-corrected chi connectivity index (χ1v) is 13.5. The van der Waals surface area contributed by atoms with Gasteiger partial charge in [-0.05, 0) is 88.0 Å². The first-order valence-electron chi connectivity index (χ1n) is 11.3. The van der Waals surface area contributed by atoms with E-state index in [9.17, 15) is 13.5 Å². The summed E-state index contributed by atoms with van der Waals surface area (Å²) in [4.78, 5) is 4.87. The van der Waals surface area contributed by atoms with Gasteiger partial charge in [0.1, 0.15) is 0 Å². The molecule has 6 nitrogen and oxygen atoms in total. The Morgan fingerprint density at radius 1 is 1.19 bits per heavy atom. The zero-order valence-electron chi connectivity index (χ0n) is 19.0. The Morgan fingerprint density at radius 2 is 1.91 bits per heavy atom. The highest BCUT2D eigenvalue weighted by atomic mass is 32.2. The van der Waals surface area contributed by atoms with Crippen molar-refractivity contribution in [3.63, 3.8) is 0 Å². The molecule has 2 N–H and O–H groups in total. The SMILES string of the molecule is CC(O)C1CCN(CCCc2cc(S(=O)(=O)N(C)C)cc3c2Nc2ccccc2S3)CC1. The molecule has 174 valence electrons. The zero-order chi connectivity index (χ0) is 22.9. The summed E-state index contributed by atoms with van der Waals surface area (Å²) < 4.78 is 27.1. The fourth-order valence-corrected chi connectivity index (χ4v) is 6.63. The van der Waals surface area contributed by atoms with Gasteiger partial charge in [-0.2, -0.15) is 0 Å². The average molecular weight is 476 g/mol. The molecule has 2 aliphatic rings. The summed E-state index contributed by atoms with van der Waals surface area (Å²) in [6.45, 7) is 4.91. The van der Waals surface area contributed by atoms with Crippen molar-refractivity contribution in [2.45, 2.75) is 53.4 Å². The molecule has 32 heavy (non-hydrogen) atoms. The number of rotatable bonds is 7. The van der Waals surface area contributed by atoms with Gasteiger partial charge in [0.15, 0.2) is 0 Å². The average Bonchev–Trinajstić information content (AvgIpc) is 2.77. The van der Waals surface area contributed by atoms with Gasteiger partial charge < -0.3 is 15.3 Å². The largest absolute Gasteiger partial charge is 0.393 e. The molecule has 8 heteroatoms. The molecular formula is C24H33N3O3S2. The van der Waals surface area contributed by atoms with Crippen LogP contribution in [-0.4, -0.2) is 62.6 Å². The molecule has 2 aromatic carbocycles. The van der Waals surface area contributed by atoms with Gasteiger partial charge in [-0.1, -0.05) is 23.9 Å². The Kier molecular flexibility index (Phi) is 7.17. The highest BCUT2D eigenvalue weighted by Crippen LogP contribution is 2.46. The number of sulfonamides is 1. The van der Waals surface area contributed by atoms with Crippen LogP contribution in [-0.2, 0) is 16.4 Å². The summed E-state index contributed by atoms with van der Waals surface area (Å²) in [7, 11) is -0.361. The number of likely N-dealkylation sites (tertiary alicyclic amines) is 1. The lowest BCUT2D eigenvalue weighted by Crippen LogP contribution is -2.37. The van der Waals surface area contributed by atoms with Crippen LogP contribution in [0.5, 0.6) is 0 Å². The van der Waals surface area contributed by atoms with Crippen molar-refractivity contribution in [1.29, 1.82) is 0 Å². The summed E-state index contributed by atoms with van der Waals surface area (Å²) in [5, 5.41) is 13.4. The number of aryl methyl sites for hydroxylation is 1. The number of nitrogens with zero attached hydrogens (tertiary/aromatic N) is 2. The van der Waals surface area contributed by atoms with E-state index in [1.807, 2.05) is 25.1 Å². The van der Waals surface area contributed by atoms with Crippen LogP contribution in [0.15, 0.2) is 51.1 Å². The molecule has 1 unspecified atom stereocenters. The van der Waals surface area contributed by atoms with Gasteiger partial charge in [-0.25, -0.2) is 12.7 Å². The highest BCUT2D eigenvalue weighted by Gasteiger charge is 2.26. The van der Waals surface area contributed by atoms with E-state index >= 15 is 0 Å². The number of benzene rings is 2. The Morgan fingerprint density at radius 3 is 2.59 bits per heavy atom. The Bertz CT molecular complexity index is 1060. The summed E-state index contributed by atoms with van der Waals surface area (Å²) >= 11 is 1.62. The lowest BCUT2D eigenvalue weighted by Gasteiger charge is -2.33. The normalized spacial score (nSPS) is 18.2. The Hall–Kier alpha value is -1.58. The van der Waals surface area contributed by atoms with E-state index in [1.165, 1.54) is 4.31 Å². The van der Waals surface area contributed by atoms with Crippen molar-refractivity contribution in [3.05, 3.63) is 42.0 Å². The van der Waals surface area contributed by atoms with E-state index in [1.54, 1.807) is 31.9 Å². The third-order valence-corrected chi connectivity index (χ3v) is 9.45. The van der Waals surface area contributed by atoms with Crippen LogP contribution in [0, 0.1) is 5.92 Å². The molecule has 1 fully saturated rings. The first kappa shape index (κ1) is 23.6. The maximum Gasteiger partial charge on any atom is 0.242 e. The van der Waals surface area contributed by atoms with Crippen molar-refractivity contribution in [2.75, 3.05) is 39.0 Å². The molecule has 4 rings (SSSR count). The van der Waals surface area contributed by atoms with Gasteiger partial charge in [-0.15, -0.1) is 0 Å². The molecule has 0 saturated carbocycles. The number of anilines is 2. The quantitative estimate of drug-likeness (QED) is 0.534. The standard InChI is InChI=1S/C24H33N3O3S2/c1-17(28)18-10-13-27(14-11-18)12-6-7-19-15-20(32(29,30)26(2)3)16-23-24(19)25-21-8-4-5-9-22(21)31-23/h4-5,8-9,15-18,25,28H,6-7,10-14H2,1-3H3. The molecule has 2 heterocycles. The van der Waals surface area contributed by atoms with Gasteiger partial charge in [-0.3, -0.25) is 0 Å². The number of fused-ring (bicyclic) bond motifs is 2. The van der Waals surface area contributed by atoms with E-state index in [4.69, 9.17) is 0 Å². The maximum atomic E-state index is 12.9. The van der Waals surface area contributed by atoms with Crippen molar-refractivity contribution >= 4 is 33.2 Å². The molecular weight excluding hydrogens is 442 g/mol. The third kappa shape index (κ3) is 4.99. The van der Waals surface area contributed by atoms with Crippen LogP contribution in [0.2, 0.25) is 0 Å². The second-order valence-electron chi connectivity index (χ2n) is 8.99. The smallest absolute Gasteiger partial charge is 0.242 e.